The normalized spacial score (nSPS) is 16.6. The maximum absolute atomic E-state index is 12.8. The molecular weight excluding hydrogens is 373 g/mol. The number of anilines is 1. The summed E-state index contributed by atoms with van der Waals surface area (Å²) in [4.78, 5) is 17.7. The third kappa shape index (κ3) is 2.92. The number of aromatic amines is 1. The summed E-state index contributed by atoms with van der Waals surface area (Å²) >= 11 is 12.2. The van der Waals surface area contributed by atoms with Crippen LogP contribution in [0.5, 0.6) is 0 Å². The predicted molar refractivity (Wildman–Crippen MR) is 104 cm³/mol. The number of hydrogen-bond donors (Lipinski definition) is 3. The van der Waals surface area contributed by atoms with E-state index < -0.39 is 6.04 Å². The van der Waals surface area contributed by atoms with Gasteiger partial charge in [-0.2, -0.15) is 0 Å². The Morgan fingerprint density at radius 1 is 1.27 bits per heavy atom. The third-order valence-electron chi connectivity index (χ3n) is 4.76. The van der Waals surface area contributed by atoms with Crippen LogP contribution in [0.2, 0.25) is 10.0 Å². The fraction of sp³-hybridized carbons (Fsp3) is 0.211. The standard InChI is InChI=1S/C19H17Cl2N3O2/c20-11-5-6-15-13(9-11)12-7-8-24(17(10-25)18(12)22-15)19(26)23-16-4-2-1-3-14(16)21/h1-6,9,17,22,25H,7-8,10H2,(H,23,26). The van der Waals surface area contributed by atoms with Crippen LogP contribution < -0.4 is 5.32 Å². The molecule has 1 atom stereocenters. The van der Waals surface area contributed by atoms with Crippen molar-refractivity contribution in [2.75, 3.05) is 18.5 Å². The summed E-state index contributed by atoms with van der Waals surface area (Å²) in [5.74, 6) is 0. The number of benzene rings is 2. The molecule has 0 fully saturated rings. The van der Waals surface area contributed by atoms with Crippen LogP contribution in [0.25, 0.3) is 10.9 Å². The molecular formula is C19H17Cl2N3O2. The van der Waals surface area contributed by atoms with Crippen LogP contribution in [0.4, 0.5) is 10.5 Å². The highest BCUT2D eigenvalue weighted by atomic mass is 35.5. The fourth-order valence-electron chi connectivity index (χ4n) is 3.52. The zero-order valence-corrected chi connectivity index (χ0v) is 15.3. The van der Waals surface area contributed by atoms with E-state index in [4.69, 9.17) is 23.2 Å². The minimum atomic E-state index is -0.451. The molecule has 5 nitrogen and oxygen atoms in total. The van der Waals surface area contributed by atoms with Crippen LogP contribution in [-0.2, 0) is 6.42 Å². The lowest BCUT2D eigenvalue weighted by Gasteiger charge is -2.34. The number of fused-ring (bicyclic) bond motifs is 3. The number of carbonyl (C=O) groups excluding carboxylic acids is 1. The second kappa shape index (κ2) is 6.83. The third-order valence-corrected chi connectivity index (χ3v) is 5.33. The van der Waals surface area contributed by atoms with Gasteiger partial charge >= 0.3 is 6.03 Å². The molecule has 2 aromatic carbocycles. The molecule has 134 valence electrons. The van der Waals surface area contributed by atoms with Crippen molar-refractivity contribution < 1.29 is 9.90 Å². The van der Waals surface area contributed by atoms with Crippen LogP contribution >= 0.6 is 23.2 Å². The fourth-order valence-corrected chi connectivity index (χ4v) is 3.88. The average Bonchev–Trinajstić information content (AvgIpc) is 3.00. The largest absolute Gasteiger partial charge is 0.394 e. The van der Waals surface area contributed by atoms with Gasteiger partial charge in [-0.15, -0.1) is 0 Å². The summed E-state index contributed by atoms with van der Waals surface area (Å²) < 4.78 is 0. The molecule has 1 aliphatic heterocycles. The molecule has 7 heteroatoms. The van der Waals surface area contributed by atoms with Gasteiger partial charge in [0.05, 0.1) is 23.4 Å². The van der Waals surface area contributed by atoms with Crippen LogP contribution in [0, 0.1) is 0 Å². The van der Waals surface area contributed by atoms with Crippen molar-refractivity contribution in [3.05, 3.63) is 63.8 Å². The average molecular weight is 390 g/mol. The van der Waals surface area contributed by atoms with Gasteiger partial charge in [-0.25, -0.2) is 4.79 Å². The number of carbonyl (C=O) groups is 1. The number of aromatic nitrogens is 1. The Bertz CT molecular complexity index is 986. The number of nitrogens with one attached hydrogen (secondary N) is 2. The van der Waals surface area contributed by atoms with Gasteiger partial charge in [-0.3, -0.25) is 0 Å². The number of aliphatic hydroxyl groups is 1. The van der Waals surface area contributed by atoms with Gasteiger partial charge in [0, 0.05) is 28.2 Å². The highest BCUT2D eigenvalue weighted by Crippen LogP contribution is 2.35. The van der Waals surface area contributed by atoms with E-state index in [1.807, 2.05) is 18.2 Å². The molecule has 3 N–H and O–H groups in total. The summed E-state index contributed by atoms with van der Waals surface area (Å²) in [6, 6.07) is 12.0. The van der Waals surface area contributed by atoms with Gasteiger partial charge in [-0.05, 0) is 42.3 Å². The van der Waals surface area contributed by atoms with Gasteiger partial charge < -0.3 is 20.3 Å². The monoisotopic (exact) mass is 389 g/mol. The van der Waals surface area contributed by atoms with E-state index in [1.54, 1.807) is 29.2 Å². The van der Waals surface area contributed by atoms with Gasteiger partial charge in [0.15, 0.2) is 0 Å². The SMILES string of the molecule is O=C(Nc1ccccc1Cl)N1CCc2c([nH]c3ccc(Cl)cc23)C1CO. The molecule has 1 aromatic heterocycles. The summed E-state index contributed by atoms with van der Waals surface area (Å²) in [5.41, 5.74) is 3.45. The van der Waals surface area contributed by atoms with Crippen LogP contribution in [0.15, 0.2) is 42.5 Å². The molecule has 0 radical (unpaired) electrons. The lowest BCUT2D eigenvalue weighted by atomic mass is 9.98. The topological polar surface area (TPSA) is 68.4 Å². The Balaban J connectivity index is 1.66. The van der Waals surface area contributed by atoms with E-state index in [2.05, 4.69) is 10.3 Å². The van der Waals surface area contributed by atoms with E-state index in [0.717, 1.165) is 22.2 Å². The number of H-pyrrole nitrogens is 1. The van der Waals surface area contributed by atoms with Crippen LogP contribution in [0.3, 0.4) is 0 Å². The highest BCUT2D eigenvalue weighted by molar-refractivity contribution is 6.33. The molecule has 0 saturated heterocycles. The van der Waals surface area contributed by atoms with Crippen molar-refractivity contribution in [1.82, 2.24) is 9.88 Å². The Hall–Kier alpha value is -2.21. The number of rotatable bonds is 2. The first kappa shape index (κ1) is 17.2. The van der Waals surface area contributed by atoms with Crippen molar-refractivity contribution >= 4 is 45.8 Å². The van der Waals surface area contributed by atoms with Gasteiger partial charge in [0.2, 0.25) is 0 Å². The maximum atomic E-state index is 12.8. The number of urea groups is 1. The van der Waals surface area contributed by atoms with E-state index in [1.165, 1.54) is 0 Å². The lowest BCUT2D eigenvalue weighted by Crippen LogP contribution is -2.43. The predicted octanol–water partition coefficient (Wildman–Crippen LogP) is 4.60. The zero-order valence-electron chi connectivity index (χ0n) is 13.8. The lowest BCUT2D eigenvalue weighted by molar-refractivity contribution is 0.133. The van der Waals surface area contributed by atoms with Crippen molar-refractivity contribution in [1.29, 1.82) is 0 Å². The summed E-state index contributed by atoms with van der Waals surface area (Å²) in [7, 11) is 0. The Labute approximate surface area is 160 Å². The van der Waals surface area contributed by atoms with E-state index in [0.29, 0.717) is 28.7 Å². The molecule has 0 saturated carbocycles. The number of hydrogen-bond acceptors (Lipinski definition) is 2. The number of aliphatic hydroxyl groups excluding tert-OH is 1. The zero-order chi connectivity index (χ0) is 18.3. The first-order valence-electron chi connectivity index (χ1n) is 8.31. The molecule has 0 spiro atoms. The number of amides is 2. The molecule has 0 bridgehead atoms. The number of nitrogens with zero attached hydrogens (tertiary/aromatic N) is 1. The molecule has 3 aromatic rings. The minimum absolute atomic E-state index is 0.177. The van der Waals surface area contributed by atoms with Gasteiger partial charge in [-0.1, -0.05) is 35.3 Å². The Morgan fingerprint density at radius 2 is 2.08 bits per heavy atom. The van der Waals surface area contributed by atoms with Crippen LogP contribution in [0.1, 0.15) is 17.3 Å². The number of para-hydroxylation sites is 1. The maximum Gasteiger partial charge on any atom is 0.322 e. The molecule has 1 aliphatic rings. The smallest absolute Gasteiger partial charge is 0.322 e. The second-order valence-corrected chi connectivity index (χ2v) is 7.10. The van der Waals surface area contributed by atoms with E-state index in [-0.39, 0.29) is 12.6 Å². The van der Waals surface area contributed by atoms with E-state index >= 15 is 0 Å². The minimum Gasteiger partial charge on any atom is -0.394 e. The quantitative estimate of drug-likeness (QED) is 0.599. The Kier molecular flexibility index (Phi) is 4.53. The van der Waals surface area contributed by atoms with Crippen molar-refractivity contribution in [2.45, 2.75) is 12.5 Å². The van der Waals surface area contributed by atoms with E-state index in [9.17, 15) is 9.90 Å². The first-order valence-corrected chi connectivity index (χ1v) is 9.07. The molecule has 2 heterocycles. The molecule has 26 heavy (non-hydrogen) atoms. The molecule has 0 aliphatic carbocycles. The second-order valence-electron chi connectivity index (χ2n) is 6.26. The Morgan fingerprint density at radius 3 is 2.85 bits per heavy atom. The summed E-state index contributed by atoms with van der Waals surface area (Å²) in [6.45, 7) is 0.317. The molecule has 4 rings (SSSR count). The van der Waals surface area contributed by atoms with Crippen LogP contribution in [-0.4, -0.2) is 34.2 Å². The van der Waals surface area contributed by atoms with Gasteiger partial charge in [0.25, 0.3) is 0 Å². The summed E-state index contributed by atoms with van der Waals surface area (Å²) in [5, 5.41) is 15.0. The highest BCUT2D eigenvalue weighted by Gasteiger charge is 2.33. The van der Waals surface area contributed by atoms with Gasteiger partial charge in [0.1, 0.15) is 0 Å². The molecule has 1 unspecified atom stereocenters. The first-order chi connectivity index (χ1) is 12.6. The van der Waals surface area contributed by atoms with Crippen molar-refractivity contribution in [2.24, 2.45) is 0 Å². The summed E-state index contributed by atoms with van der Waals surface area (Å²) in [6.07, 6.45) is 0.683. The van der Waals surface area contributed by atoms with Crippen molar-refractivity contribution in [3.8, 4) is 0 Å². The molecule has 2 amide bonds. The van der Waals surface area contributed by atoms with Crippen molar-refractivity contribution in [3.63, 3.8) is 0 Å². The number of halogens is 2.